The van der Waals surface area contributed by atoms with Crippen molar-refractivity contribution in [2.24, 2.45) is 0 Å². The van der Waals surface area contributed by atoms with E-state index in [2.05, 4.69) is 44.9 Å². The summed E-state index contributed by atoms with van der Waals surface area (Å²) < 4.78 is 5.16. The van der Waals surface area contributed by atoms with E-state index in [0.29, 0.717) is 23.9 Å². The molecule has 140 valence electrons. The Balaban J connectivity index is 1.90. The van der Waals surface area contributed by atoms with Crippen LogP contribution in [0.3, 0.4) is 0 Å². The van der Waals surface area contributed by atoms with Crippen LogP contribution in [0.2, 0.25) is 0 Å². The third-order valence-corrected chi connectivity index (χ3v) is 4.23. The van der Waals surface area contributed by atoms with E-state index < -0.39 is 0 Å². The third kappa shape index (κ3) is 4.74. The van der Waals surface area contributed by atoms with Crippen LogP contribution in [0.5, 0.6) is 0 Å². The molecule has 0 aliphatic rings. The molecule has 1 atom stereocenters. The molecule has 0 saturated carbocycles. The first-order valence-electron chi connectivity index (χ1n) is 8.91. The number of anilines is 3. The first-order chi connectivity index (χ1) is 13.2. The molecule has 2 aromatic carbocycles. The summed E-state index contributed by atoms with van der Waals surface area (Å²) >= 11 is 0. The highest BCUT2D eigenvalue weighted by Gasteiger charge is 2.17. The fourth-order valence-electron chi connectivity index (χ4n) is 2.94. The number of hydrogen-bond acceptors (Lipinski definition) is 6. The quantitative estimate of drug-likeness (QED) is 0.566. The molecule has 27 heavy (non-hydrogen) atoms. The van der Waals surface area contributed by atoms with Gasteiger partial charge in [0.25, 0.3) is 0 Å². The number of benzene rings is 2. The molecule has 0 amide bonds. The van der Waals surface area contributed by atoms with Crippen molar-refractivity contribution in [3.63, 3.8) is 0 Å². The SMILES string of the molecule is COCC(C)Nc1ncnc(NC(c2ccccc2)c2ccccc2)c1N. The molecule has 0 fully saturated rings. The van der Waals surface area contributed by atoms with Crippen LogP contribution in [0.15, 0.2) is 67.0 Å². The molecule has 3 rings (SSSR count). The van der Waals surface area contributed by atoms with Crippen molar-refractivity contribution < 1.29 is 4.74 Å². The topological polar surface area (TPSA) is 85.1 Å². The lowest BCUT2D eigenvalue weighted by atomic mass is 9.99. The normalized spacial score (nSPS) is 12.0. The van der Waals surface area contributed by atoms with Gasteiger partial charge in [-0.05, 0) is 18.1 Å². The van der Waals surface area contributed by atoms with E-state index in [1.165, 1.54) is 6.33 Å². The predicted molar refractivity (Wildman–Crippen MR) is 110 cm³/mol. The molecule has 6 nitrogen and oxygen atoms in total. The molecule has 0 aliphatic carbocycles. The van der Waals surface area contributed by atoms with E-state index >= 15 is 0 Å². The summed E-state index contributed by atoms with van der Waals surface area (Å²) in [6.07, 6.45) is 1.51. The first kappa shape index (κ1) is 18.7. The molecule has 0 aliphatic heterocycles. The summed E-state index contributed by atoms with van der Waals surface area (Å²) in [5.74, 6) is 1.19. The largest absolute Gasteiger partial charge is 0.393 e. The number of ether oxygens (including phenoxy) is 1. The number of nitrogens with two attached hydrogens (primary N) is 1. The highest BCUT2D eigenvalue weighted by molar-refractivity contribution is 5.74. The summed E-state index contributed by atoms with van der Waals surface area (Å²) in [5.41, 5.74) is 9.08. The van der Waals surface area contributed by atoms with Crippen molar-refractivity contribution in [2.45, 2.75) is 19.0 Å². The van der Waals surface area contributed by atoms with Gasteiger partial charge in [-0.3, -0.25) is 0 Å². The smallest absolute Gasteiger partial charge is 0.155 e. The summed E-state index contributed by atoms with van der Waals surface area (Å²) in [6.45, 7) is 2.57. The van der Waals surface area contributed by atoms with Gasteiger partial charge in [0, 0.05) is 13.2 Å². The van der Waals surface area contributed by atoms with E-state index in [-0.39, 0.29) is 12.1 Å². The van der Waals surface area contributed by atoms with Gasteiger partial charge in [0.2, 0.25) is 0 Å². The van der Waals surface area contributed by atoms with Crippen LogP contribution in [0, 0.1) is 0 Å². The van der Waals surface area contributed by atoms with Gasteiger partial charge >= 0.3 is 0 Å². The number of nitrogens with one attached hydrogen (secondary N) is 2. The standard InChI is InChI=1S/C21H25N5O/c1-15(13-27-2)25-20-18(22)21(24-14-23-20)26-19(16-9-5-3-6-10-16)17-11-7-4-8-12-17/h3-12,14-15,19H,13,22H2,1-2H3,(H2,23,24,25,26). The Hall–Kier alpha value is -3.12. The monoisotopic (exact) mass is 363 g/mol. The Kier molecular flexibility index (Phi) is 6.22. The molecule has 0 bridgehead atoms. The zero-order valence-electron chi connectivity index (χ0n) is 15.6. The zero-order valence-corrected chi connectivity index (χ0v) is 15.6. The molecule has 0 spiro atoms. The molecule has 1 unspecified atom stereocenters. The average Bonchev–Trinajstić information content (AvgIpc) is 2.70. The second-order valence-corrected chi connectivity index (χ2v) is 6.38. The molecular formula is C21H25N5O. The Morgan fingerprint density at radius 3 is 1.93 bits per heavy atom. The van der Waals surface area contributed by atoms with E-state index in [9.17, 15) is 0 Å². The van der Waals surface area contributed by atoms with Gasteiger partial charge in [-0.25, -0.2) is 9.97 Å². The number of rotatable bonds is 8. The lowest BCUT2D eigenvalue weighted by molar-refractivity contribution is 0.190. The second kappa shape index (κ2) is 9.00. The van der Waals surface area contributed by atoms with Crippen molar-refractivity contribution in [3.8, 4) is 0 Å². The fraction of sp³-hybridized carbons (Fsp3) is 0.238. The van der Waals surface area contributed by atoms with Gasteiger partial charge in [0.05, 0.1) is 12.6 Å². The van der Waals surface area contributed by atoms with E-state index in [0.717, 1.165) is 11.1 Å². The van der Waals surface area contributed by atoms with Crippen molar-refractivity contribution in [2.75, 3.05) is 30.1 Å². The van der Waals surface area contributed by atoms with Crippen molar-refractivity contribution in [1.82, 2.24) is 9.97 Å². The van der Waals surface area contributed by atoms with Gasteiger partial charge in [-0.15, -0.1) is 0 Å². The van der Waals surface area contributed by atoms with Crippen LogP contribution in [0.25, 0.3) is 0 Å². The number of aromatic nitrogens is 2. The molecule has 6 heteroatoms. The van der Waals surface area contributed by atoms with Gasteiger partial charge in [0.15, 0.2) is 11.6 Å². The van der Waals surface area contributed by atoms with E-state index in [4.69, 9.17) is 10.5 Å². The molecular weight excluding hydrogens is 338 g/mol. The van der Waals surface area contributed by atoms with E-state index in [1.54, 1.807) is 7.11 Å². The minimum absolute atomic E-state index is 0.0751. The van der Waals surface area contributed by atoms with Crippen molar-refractivity contribution in [3.05, 3.63) is 78.1 Å². The van der Waals surface area contributed by atoms with Crippen molar-refractivity contribution in [1.29, 1.82) is 0 Å². The van der Waals surface area contributed by atoms with Gasteiger partial charge in [-0.2, -0.15) is 0 Å². The van der Waals surface area contributed by atoms with Crippen LogP contribution in [-0.2, 0) is 4.74 Å². The van der Waals surface area contributed by atoms with Gasteiger partial charge in [-0.1, -0.05) is 60.7 Å². The number of nitrogens with zero attached hydrogens (tertiary/aromatic N) is 2. The summed E-state index contributed by atoms with van der Waals surface area (Å²) in [6, 6.07) is 20.4. The van der Waals surface area contributed by atoms with Gasteiger partial charge < -0.3 is 21.1 Å². The highest BCUT2D eigenvalue weighted by Crippen LogP contribution is 2.30. The first-order valence-corrected chi connectivity index (χ1v) is 8.91. The maximum Gasteiger partial charge on any atom is 0.155 e. The number of methoxy groups -OCH3 is 1. The summed E-state index contributed by atoms with van der Waals surface area (Å²) in [7, 11) is 1.67. The molecule has 0 radical (unpaired) electrons. The van der Waals surface area contributed by atoms with Crippen LogP contribution in [0.1, 0.15) is 24.1 Å². The lowest BCUT2D eigenvalue weighted by Crippen LogP contribution is -2.23. The zero-order chi connectivity index (χ0) is 19.1. The molecule has 3 aromatic rings. The Morgan fingerprint density at radius 1 is 0.889 bits per heavy atom. The van der Waals surface area contributed by atoms with Gasteiger partial charge in [0.1, 0.15) is 12.0 Å². The maximum absolute atomic E-state index is 6.34. The Bertz CT molecular complexity index is 802. The summed E-state index contributed by atoms with van der Waals surface area (Å²) in [4.78, 5) is 8.64. The number of nitrogen functional groups attached to an aromatic ring is 1. The molecule has 4 N–H and O–H groups in total. The Labute approximate surface area is 159 Å². The molecule has 0 saturated heterocycles. The van der Waals surface area contributed by atoms with Crippen LogP contribution < -0.4 is 16.4 Å². The van der Waals surface area contributed by atoms with Crippen molar-refractivity contribution >= 4 is 17.3 Å². The molecule has 1 heterocycles. The van der Waals surface area contributed by atoms with Crippen LogP contribution >= 0.6 is 0 Å². The Morgan fingerprint density at radius 2 is 1.41 bits per heavy atom. The number of hydrogen-bond donors (Lipinski definition) is 3. The van der Waals surface area contributed by atoms with Crippen LogP contribution in [-0.4, -0.2) is 29.7 Å². The average molecular weight is 363 g/mol. The second-order valence-electron chi connectivity index (χ2n) is 6.38. The van der Waals surface area contributed by atoms with E-state index in [1.807, 2.05) is 43.3 Å². The summed E-state index contributed by atoms with van der Waals surface area (Å²) in [5, 5.41) is 6.74. The third-order valence-electron chi connectivity index (χ3n) is 4.23. The minimum Gasteiger partial charge on any atom is -0.393 e. The fourth-order valence-corrected chi connectivity index (χ4v) is 2.94. The predicted octanol–water partition coefficient (Wildman–Crippen LogP) is 3.71. The minimum atomic E-state index is -0.0751. The lowest BCUT2D eigenvalue weighted by Gasteiger charge is -2.22. The van der Waals surface area contributed by atoms with Crippen LogP contribution in [0.4, 0.5) is 17.3 Å². The maximum atomic E-state index is 6.34. The molecule has 1 aromatic heterocycles. The highest BCUT2D eigenvalue weighted by atomic mass is 16.5.